The Morgan fingerprint density at radius 1 is 1.11 bits per heavy atom. The van der Waals surface area contributed by atoms with Crippen molar-refractivity contribution in [2.75, 3.05) is 31.6 Å². The van der Waals surface area contributed by atoms with Gasteiger partial charge < -0.3 is 20.0 Å². The molecule has 14 heteroatoms. The molecule has 13 nitrogen and oxygen atoms in total. The number of H-pyrrole nitrogens is 2. The Balaban J connectivity index is 1.22. The molecule has 1 fully saturated rings. The molecule has 0 radical (unpaired) electrons. The van der Waals surface area contributed by atoms with E-state index in [9.17, 15) is 8.42 Å². The van der Waals surface area contributed by atoms with E-state index >= 15 is 0 Å². The van der Waals surface area contributed by atoms with E-state index in [1.165, 1.54) is 19.2 Å². The summed E-state index contributed by atoms with van der Waals surface area (Å²) in [6.07, 6.45) is 9.69. The number of anilines is 1. The molecule has 0 bridgehead atoms. The molecule has 1 aliphatic rings. The zero-order valence-electron chi connectivity index (χ0n) is 24.5. The number of hydrogen-bond acceptors (Lipinski definition) is 9. The van der Waals surface area contributed by atoms with E-state index in [4.69, 9.17) is 14.8 Å². The number of rotatable bonds is 11. The average Bonchev–Trinajstić information content (AvgIpc) is 3.83. The van der Waals surface area contributed by atoms with Crippen LogP contribution < -0.4 is 14.8 Å². The second-order valence-electron chi connectivity index (χ2n) is 11.2. The van der Waals surface area contributed by atoms with E-state index in [1.54, 1.807) is 0 Å². The van der Waals surface area contributed by atoms with Crippen LogP contribution in [0.1, 0.15) is 42.8 Å². The number of aryl methyl sites for hydroxylation is 1. The third kappa shape index (κ3) is 5.47. The smallest absolute Gasteiger partial charge is 0.242 e. The Hall–Kier alpha value is -4.53. The fourth-order valence-electron chi connectivity index (χ4n) is 5.98. The number of fused-ring (bicyclic) bond motifs is 3. The number of nitrogens with one attached hydrogen (secondary N) is 4. The molecule has 0 spiro atoms. The summed E-state index contributed by atoms with van der Waals surface area (Å²) in [4.78, 5) is 22.9. The summed E-state index contributed by atoms with van der Waals surface area (Å²) < 4.78 is 33.0. The summed E-state index contributed by atoms with van der Waals surface area (Å²) in [6, 6.07) is 7.63. The predicted molar refractivity (Wildman–Crippen MR) is 169 cm³/mol. The molecule has 1 saturated heterocycles. The summed E-state index contributed by atoms with van der Waals surface area (Å²) in [5.41, 5.74) is 6.12. The molecular weight excluding hydrogens is 580 g/mol. The van der Waals surface area contributed by atoms with Crippen LogP contribution in [0.5, 0.6) is 5.88 Å². The van der Waals surface area contributed by atoms with Gasteiger partial charge in [0.25, 0.3) is 0 Å². The summed E-state index contributed by atoms with van der Waals surface area (Å²) >= 11 is 0. The van der Waals surface area contributed by atoms with Crippen molar-refractivity contribution < 1.29 is 13.2 Å². The molecule has 6 heterocycles. The van der Waals surface area contributed by atoms with E-state index in [1.807, 2.05) is 61.2 Å². The number of thiol groups is 1. The second-order valence-corrected chi connectivity index (χ2v) is 12.0. The van der Waals surface area contributed by atoms with Crippen LogP contribution in [-0.2, 0) is 17.4 Å². The Bertz CT molecular complexity index is 2030. The van der Waals surface area contributed by atoms with Gasteiger partial charge in [-0.3, -0.25) is 4.90 Å². The SMILES string of the molecule is Cc1ccn2nc(C(C)Nc3ncnc4[nH]cc(-c5cc(CN[SH](=O)=O)cc6[nH]ccc56)c34)nc(OCCN3CCCC3)c12. The highest BCUT2D eigenvalue weighted by molar-refractivity contribution is 7.70. The van der Waals surface area contributed by atoms with E-state index in [-0.39, 0.29) is 12.6 Å². The molecule has 7 rings (SSSR count). The molecule has 1 aromatic carbocycles. The Labute approximate surface area is 255 Å². The lowest BCUT2D eigenvalue weighted by atomic mass is 9.99. The summed E-state index contributed by atoms with van der Waals surface area (Å²) in [5.74, 6) is 1.76. The van der Waals surface area contributed by atoms with Crippen molar-refractivity contribution in [3.05, 3.63) is 66.1 Å². The third-order valence-corrected chi connectivity index (χ3v) is 8.60. The van der Waals surface area contributed by atoms with Gasteiger partial charge in [0.05, 0.1) is 11.4 Å². The lowest BCUT2D eigenvalue weighted by Crippen LogP contribution is -2.25. The van der Waals surface area contributed by atoms with Crippen LogP contribution in [-0.4, -0.2) is 74.1 Å². The van der Waals surface area contributed by atoms with Crippen LogP contribution in [0.15, 0.2) is 49.2 Å². The topological polar surface area (TPSA) is 158 Å². The van der Waals surface area contributed by atoms with Crippen molar-refractivity contribution in [2.24, 2.45) is 0 Å². The monoisotopic (exact) mass is 614 g/mol. The van der Waals surface area contributed by atoms with Crippen molar-refractivity contribution in [3.8, 4) is 17.0 Å². The highest BCUT2D eigenvalue weighted by atomic mass is 32.2. The van der Waals surface area contributed by atoms with E-state index in [2.05, 4.69) is 34.9 Å². The summed E-state index contributed by atoms with van der Waals surface area (Å²) in [5, 5.41) is 10.1. The molecule has 6 aromatic rings. The van der Waals surface area contributed by atoms with Crippen molar-refractivity contribution in [1.82, 2.24) is 44.2 Å². The van der Waals surface area contributed by atoms with Crippen molar-refractivity contribution in [3.63, 3.8) is 0 Å². The first-order valence-corrected chi connectivity index (χ1v) is 15.9. The van der Waals surface area contributed by atoms with Crippen LogP contribution in [0.4, 0.5) is 5.82 Å². The number of aromatic nitrogens is 7. The molecule has 5 aromatic heterocycles. The number of nitrogens with zero attached hydrogens (tertiary/aromatic N) is 6. The van der Waals surface area contributed by atoms with Gasteiger partial charge in [-0.2, -0.15) is 10.1 Å². The van der Waals surface area contributed by atoms with E-state index in [0.29, 0.717) is 29.8 Å². The minimum atomic E-state index is -2.72. The van der Waals surface area contributed by atoms with Crippen LogP contribution in [0, 0.1) is 6.92 Å². The Morgan fingerprint density at radius 2 is 1.98 bits per heavy atom. The zero-order chi connectivity index (χ0) is 30.2. The fraction of sp³-hybridized carbons (Fsp3) is 0.333. The first-order valence-electron chi connectivity index (χ1n) is 14.7. The molecule has 44 heavy (non-hydrogen) atoms. The van der Waals surface area contributed by atoms with Gasteiger partial charge in [0.15, 0.2) is 5.82 Å². The van der Waals surface area contributed by atoms with Crippen LogP contribution in [0.3, 0.4) is 0 Å². The molecular formula is C30H34N10O3S. The van der Waals surface area contributed by atoms with Crippen molar-refractivity contribution in [2.45, 2.75) is 39.3 Å². The van der Waals surface area contributed by atoms with Gasteiger partial charge in [0.2, 0.25) is 16.8 Å². The lowest BCUT2D eigenvalue weighted by molar-refractivity contribution is 0.232. The van der Waals surface area contributed by atoms with E-state index in [0.717, 1.165) is 63.7 Å². The molecule has 4 N–H and O–H groups in total. The van der Waals surface area contributed by atoms with Gasteiger partial charge in [-0.25, -0.2) is 27.6 Å². The first-order chi connectivity index (χ1) is 21.4. The second kappa shape index (κ2) is 11.9. The predicted octanol–water partition coefficient (Wildman–Crippen LogP) is 3.72. The van der Waals surface area contributed by atoms with Crippen molar-refractivity contribution in [1.29, 1.82) is 0 Å². The van der Waals surface area contributed by atoms with E-state index < -0.39 is 10.9 Å². The number of hydrogen-bond donors (Lipinski definition) is 5. The minimum absolute atomic E-state index is 0.183. The minimum Gasteiger partial charge on any atom is -0.475 e. The fourth-order valence-corrected chi connectivity index (χ4v) is 6.29. The Kier molecular flexibility index (Phi) is 7.62. The maximum Gasteiger partial charge on any atom is 0.242 e. The van der Waals surface area contributed by atoms with Gasteiger partial charge >= 0.3 is 0 Å². The Morgan fingerprint density at radius 3 is 2.82 bits per heavy atom. The maximum absolute atomic E-state index is 11.2. The molecule has 1 atom stereocenters. The quantitative estimate of drug-likeness (QED) is 0.137. The van der Waals surface area contributed by atoms with Gasteiger partial charge in [-0.1, -0.05) is 0 Å². The number of ether oxygens (including phenoxy) is 1. The highest BCUT2D eigenvalue weighted by Gasteiger charge is 2.21. The maximum atomic E-state index is 11.2. The highest BCUT2D eigenvalue weighted by Crippen LogP contribution is 2.37. The van der Waals surface area contributed by atoms with Gasteiger partial charge in [-0.15, -0.1) is 0 Å². The molecule has 228 valence electrons. The number of likely N-dealkylation sites (tertiary alicyclic amines) is 1. The van der Waals surface area contributed by atoms with Crippen LogP contribution >= 0.6 is 0 Å². The summed E-state index contributed by atoms with van der Waals surface area (Å²) in [7, 11) is -2.72. The molecule has 1 aliphatic heterocycles. The lowest BCUT2D eigenvalue weighted by Gasteiger charge is -2.18. The molecule has 1 unspecified atom stereocenters. The molecule has 0 amide bonds. The van der Waals surface area contributed by atoms with Crippen LogP contribution in [0.2, 0.25) is 0 Å². The normalized spacial score (nSPS) is 14.8. The number of benzene rings is 1. The van der Waals surface area contributed by atoms with Gasteiger partial charge in [0, 0.05) is 48.1 Å². The van der Waals surface area contributed by atoms with Crippen molar-refractivity contribution >= 4 is 44.2 Å². The standard InChI is InChI=1S/C30H34N10O3S/c1-18-6-10-40-26(18)30(43-12-11-39-8-3-4-9-39)37-27(38-40)19(2)36-29-25-23(16-32-28(25)33-17-34-29)22-13-20(15-35-44(41)42)14-24-21(22)5-7-31-24/h5-7,10,13-14,16-17,19,31,44H,3-4,8-9,11-12,15H2,1-2H3,(H,35,41,42)(H2,32,33,34,36). The molecule has 0 aliphatic carbocycles. The van der Waals surface area contributed by atoms with Gasteiger partial charge in [-0.05, 0) is 80.7 Å². The zero-order valence-corrected chi connectivity index (χ0v) is 25.4. The van der Waals surface area contributed by atoms with Gasteiger partial charge in [0.1, 0.15) is 29.9 Å². The molecule has 0 saturated carbocycles. The summed E-state index contributed by atoms with van der Waals surface area (Å²) in [6.45, 7) is 7.87. The number of aromatic amines is 2. The first kappa shape index (κ1) is 28.3. The third-order valence-electron chi connectivity index (χ3n) is 8.18. The largest absolute Gasteiger partial charge is 0.475 e. The average molecular weight is 615 g/mol. The van der Waals surface area contributed by atoms with Crippen LogP contribution in [0.25, 0.3) is 38.6 Å².